The van der Waals surface area contributed by atoms with Crippen LogP contribution in [0.25, 0.3) is 0 Å². The van der Waals surface area contributed by atoms with Crippen molar-refractivity contribution in [1.29, 1.82) is 0 Å². The molecule has 0 saturated carbocycles. The summed E-state index contributed by atoms with van der Waals surface area (Å²) in [5.41, 5.74) is 0. The van der Waals surface area contributed by atoms with Gasteiger partial charge in [0.1, 0.15) is 0 Å². The molecule has 0 saturated heterocycles. The number of aliphatic hydroxyl groups excluding tert-OH is 1. The molecule has 5 nitrogen and oxygen atoms in total. The first kappa shape index (κ1) is 13.8. The highest BCUT2D eigenvalue weighted by Crippen LogP contribution is 2.02. The van der Waals surface area contributed by atoms with Gasteiger partial charge in [-0.25, -0.2) is 9.44 Å². The van der Waals surface area contributed by atoms with Crippen LogP contribution in [-0.2, 0) is 10.2 Å². The lowest BCUT2D eigenvalue weighted by Gasteiger charge is -2.08. The molecule has 1 atom stereocenters. The van der Waals surface area contributed by atoms with E-state index in [1.54, 1.807) is 6.92 Å². The summed E-state index contributed by atoms with van der Waals surface area (Å²) < 4.78 is 26.9. The van der Waals surface area contributed by atoms with Crippen molar-refractivity contribution in [3.8, 4) is 0 Å². The third-order valence-corrected chi connectivity index (χ3v) is 3.06. The number of aliphatic hydroxyl groups is 1. The van der Waals surface area contributed by atoms with Gasteiger partial charge in [0.05, 0.1) is 0 Å². The second-order valence-electron chi connectivity index (χ2n) is 3.33. The van der Waals surface area contributed by atoms with Crippen molar-refractivity contribution in [1.82, 2.24) is 9.44 Å². The molecule has 0 bridgehead atoms. The Labute approximate surface area is 86.1 Å². The summed E-state index contributed by atoms with van der Waals surface area (Å²) in [4.78, 5) is 0. The largest absolute Gasteiger partial charge is 0.396 e. The first-order chi connectivity index (χ1) is 6.52. The topological polar surface area (TPSA) is 78.4 Å². The van der Waals surface area contributed by atoms with Crippen molar-refractivity contribution in [2.75, 3.05) is 19.7 Å². The Balaban J connectivity index is 3.54. The highest BCUT2D eigenvalue weighted by molar-refractivity contribution is 7.87. The fourth-order valence-electron chi connectivity index (χ4n) is 0.989. The van der Waals surface area contributed by atoms with Crippen LogP contribution < -0.4 is 9.44 Å². The third kappa shape index (κ3) is 7.25. The molecule has 6 heteroatoms. The molecular formula is C8H20N2O3S. The zero-order valence-corrected chi connectivity index (χ0v) is 9.60. The normalized spacial score (nSPS) is 14.2. The first-order valence-electron chi connectivity index (χ1n) is 4.87. The van der Waals surface area contributed by atoms with E-state index in [1.807, 2.05) is 6.92 Å². The van der Waals surface area contributed by atoms with Gasteiger partial charge in [-0.3, -0.25) is 0 Å². The zero-order chi connectivity index (χ0) is 11.0. The van der Waals surface area contributed by atoms with Crippen LogP contribution in [0.15, 0.2) is 0 Å². The fraction of sp³-hybridized carbons (Fsp3) is 1.00. The summed E-state index contributed by atoms with van der Waals surface area (Å²) in [6.07, 6.45) is 1.57. The smallest absolute Gasteiger partial charge is 0.276 e. The van der Waals surface area contributed by atoms with Gasteiger partial charge in [-0.05, 0) is 18.8 Å². The van der Waals surface area contributed by atoms with Gasteiger partial charge in [-0.2, -0.15) is 8.42 Å². The lowest BCUT2D eigenvalue weighted by molar-refractivity contribution is 0.228. The van der Waals surface area contributed by atoms with Crippen molar-refractivity contribution >= 4 is 10.2 Å². The van der Waals surface area contributed by atoms with Crippen LogP contribution in [0.4, 0.5) is 0 Å². The molecule has 0 aromatic carbocycles. The summed E-state index contributed by atoms with van der Waals surface area (Å²) in [5, 5.41) is 8.73. The van der Waals surface area contributed by atoms with Crippen LogP contribution in [0.3, 0.4) is 0 Å². The van der Waals surface area contributed by atoms with Gasteiger partial charge in [-0.1, -0.05) is 13.8 Å². The van der Waals surface area contributed by atoms with Crippen LogP contribution in [0.1, 0.15) is 26.7 Å². The summed E-state index contributed by atoms with van der Waals surface area (Å²) in [6.45, 7) is 4.62. The second-order valence-corrected chi connectivity index (χ2v) is 4.91. The first-order valence-corrected chi connectivity index (χ1v) is 6.35. The van der Waals surface area contributed by atoms with Gasteiger partial charge in [-0.15, -0.1) is 0 Å². The highest BCUT2D eigenvalue weighted by Gasteiger charge is 2.06. The van der Waals surface area contributed by atoms with Crippen molar-refractivity contribution in [3.05, 3.63) is 0 Å². The number of rotatable bonds is 8. The van der Waals surface area contributed by atoms with Crippen molar-refractivity contribution in [3.63, 3.8) is 0 Å². The zero-order valence-electron chi connectivity index (χ0n) is 8.78. The predicted molar refractivity (Wildman–Crippen MR) is 56.1 cm³/mol. The predicted octanol–water partition coefficient (Wildman–Crippen LogP) is -0.161. The Hall–Kier alpha value is -0.170. The number of hydrogen-bond acceptors (Lipinski definition) is 3. The molecule has 0 rings (SSSR count). The fourth-order valence-corrected chi connectivity index (χ4v) is 1.88. The molecule has 14 heavy (non-hydrogen) atoms. The van der Waals surface area contributed by atoms with Crippen LogP contribution >= 0.6 is 0 Å². The van der Waals surface area contributed by atoms with E-state index in [0.29, 0.717) is 13.1 Å². The van der Waals surface area contributed by atoms with E-state index in [-0.39, 0.29) is 12.5 Å². The molecule has 0 radical (unpaired) electrons. The summed E-state index contributed by atoms with van der Waals surface area (Å²) >= 11 is 0. The molecule has 0 aliphatic heterocycles. The third-order valence-electron chi connectivity index (χ3n) is 1.81. The monoisotopic (exact) mass is 224 g/mol. The molecule has 0 aliphatic carbocycles. The Morgan fingerprint density at radius 2 is 2.00 bits per heavy atom. The lowest BCUT2D eigenvalue weighted by Crippen LogP contribution is -2.36. The maximum absolute atomic E-state index is 11.1. The van der Waals surface area contributed by atoms with Crippen LogP contribution in [0, 0.1) is 5.92 Å². The average Bonchev–Trinajstić information content (AvgIpc) is 2.12. The molecule has 0 aromatic heterocycles. The minimum atomic E-state index is -3.30. The average molecular weight is 224 g/mol. The Kier molecular flexibility index (Phi) is 7.08. The minimum absolute atomic E-state index is 0.153. The molecule has 1 unspecified atom stereocenters. The second kappa shape index (κ2) is 7.17. The lowest BCUT2D eigenvalue weighted by atomic mass is 10.1. The van der Waals surface area contributed by atoms with Crippen molar-refractivity contribution in [2.45, 2.75) is 26.7 Å². The molecule has 0 amide bonds. The molecule has 0 aromatic rings. The molecule has 0 fully saturated rings. The number of hydrogen-bond donors (Lipinski definition) is 3. The van der Waals surface area contributed by atoms with E-state index in [2.05, 4.69) is 9.44 Å². The van der Waals surface area contributed by atoms with Gasteiger partial charge in [0.15, 0.2) is 0 Å². The van der Waals surface area contributed by atoms with Crippen LogP contribution in [-0.4, -0.2) is 33.2 Å². The van der Waals surface area contributed by atoms with E-state index in [9.17, 15) is 8.42 Å². The van der Waals surface area contributed by atoms with Crippen molar-refractivity contribution < 1.29 is 13.5 Å². The highest BCUT2D eigenvalue weighted by atomic mass is 32.2. The van der Waals surface area contributed by atoms with Gasteiger partial charge in [0.25, 0.3) is 10.2 Å². The number of nitrogens with one attached hydrogen (secondary N) is 2. The van der Waals surface area contributed by atoms with Crippen LogP contribution in [0.5, 0.6) is 0 Å². The van der Waals surface area contributed by atoms with E-state index < -0.39 is 10.2 Å². The van der Waals surface area contributed by atoms with Gasteiger partial charge in [0, 0.05) is 19.7 Å². The molecule has 0 spiro atoms. The molecule has 0 heterocycles. The summed E-state index contributed by atoms with van der Waals surface area (Å²) in [7, 11) is -3.30. The molecule has 86 valence electrons. The Morgan fingerprint density at radius 3 is 2.50 bits per heavy atom. The van der Waals surface area contributed by atoms with Gasteiger partial charge >= 0.3 is 0 Å². The SMILES string of the molecule is CCNS(=O)(=O)NCCCC(C)CO. The molecule has 3 N–H and O–H groups in total. The quantitative estimate of drug-likeness (QED) is 0.501. The summed E-state index contributed by atoms with van der Waals surface area (Å²) in [5.74, 6) is 0.235. The van der Waals surface area contributed by atoms with Gasteiger partial charge < -0.3 is 5.11 Å². The van der Waals surface area contributed by atoms with E-state index in [1.165, 1.54) is 0 Å². The maximum Gasteiger partial charge on any atom is 0.276 e. The van der Waals surface area contributed by atoms with E-state index >= 15 is 0 Å². The summed E-state index contributed by atoms with van der Waals surface area (Å²) in [6, 6.07) is 0. The molecule has 0 aliphatic rings. The van der Waals surface area contributed by atoms with E-state index in [0.717, 1.165) is 12.8 Å². The van der Waals surface area contributed by atoms with E-state index in [4.69, 9.17) is 5.11 Å². The van der Waals surface area contributed by atoms with Gasteiger partial charge in [0.2, 0.25) is 0 Å². The standard InChI is InChI=1S/C8H20N2O3S/c1-3-9-14(12,13)10-6-4-5-8(2)7-11/h8-11H,3-7H2,1-2H3. The maximum atomic E-state index is 11.1. The minimum Gasteiger partial charge on any atom is -0.396 e. The Bertz CT molecular complexity index is 229. The van der Waals surface area contributed by atoms with Crippen molar-refractivity contribution in [2.24, 2.45) is 5.92 Å². The van der Waals surface area contributed by atoms with Crippen LogP contribution in [0.2, 0.25) is 0 Å². The molecular weight excluding hydrogens is 204 g/mol. The Morgan fingerprint density at radius 1 is 1.36 bits per heavy atom.